The molecule has 1 aromatic heterocycles. The van der Waals surface area contributed by atoms with E-state index in [1.165, 1.54) is 16.4 Å². The molecule has 0 spiro atoms. The first kappa shape index (κ1) is 21.4. The fourth-order valence-electron chi connectivity index (χ4n) is 3.73. The molecule has 0 bridgehead atoms. The molecule has 1 fully saturated rings. The predicted molar refractivity (Wildman–Crippen MR) is 124 cm³/mol. The van der Waals surface area contributed by atoms with Gasteiger partial charge in [0.25, 0.3) is 5.56 Å². The molecule has 8 nitrogen and oxygen atoms in total. The molecule has 0 atom stereocenters. The number of amides is 1. The minimum Gasteiger partial charge on any atom is -0.497 e. The van der Waals surface area contributed by atoms with Crippen molar-refractivity contribution in [3.8, 4) is 5.75 Å². The highest BCUT2D eigenvalue weighted by Crippen LogP contribution is 2.18. The van der Waals surface area contributed by atoms with Gasteiger partial charge in [-0.25, -0.2) is 4.68 Å². The van der Waals surface area contributed by atoms with Crippen LogP contribution in [-0.2, 0) is 17.9 Å². The zero-order valence-corrected chi connectivity index (χ0v) is 18.1. The van der Waals surface area contributed by atoms with Crippen LogP contribution in [-0.4, -0.2) is 49.0 Å². The van der Waals surface area contributed by atoms with Crippen LogP contribution in [0, 0.1) is 0 Å². The van der Waals surface area contributed by atoms with Crippen molar-refractivity contribution >= 4 is 17.4 Å². The summed E-state index contributed by atoms with van der Waals surface area (Å²) in [6, 6.07) is 21.0. The number of ether oxygens (including phenoxy) is 1. The Labute approximate surface area is 187 Å². The van der Waals surface area contributed by atoms with Crippen molar-refractivity contribution in [1.82, 2.24) is 15.1 Å². The van der Waals surface area contributed by atoms with Gasteiger partial charge in [0.2, 0.25) is 5.91 Å². The van der Waals surface area contributed by atoms with E-state index in [0.29, 0.717) is 12.4 Å². The van der Waals surface area contributed by atoms with Gasteiger partial charge in [0.1, 0.15) is 18.1 Å². The summed E-state index contributed by atoms with van der Waals surface area (Å²) in [4.78, 5) is 29.2. The lowest BCUT2D eigenvalue weighted by Gasteiger charge is -2.36. The standard InChI is InChI=1S/C24H27N5O3/c1-32-21-9-5-6-19(16-21)17-25-23(30)18-29-24(31)11-10-22(26-29)28-14-12-27(13-15-28)20-7-3-2-4-8-20/h2-11,16H,12-15,17-18H2,1H3,(H,25,30). The molecule has 0 unspecified atom stereocenters. The van der Waals surface area contributed by atoms with Gasteiger partial charge in [-0.15, -0.1) is 0 Å². The van der Waals surface area contributed by atoms with E-state index >= 15 is 0 Å². The first-order valence-electron chi connectivity index (χ1n) is 10.6. The molecule has 1 aliphatic rings. The van der Waals surface area contributed by atoms with Crippen molar-refractivity contribution in [2.75, 3.05) is 43.1 Å². The highest BCUT2D eigenvalue weighted by atomic mass is 16.5. The second-order valence-electron chi connectivity index (χ2n) is 7.63. The number of aromatic nitrogens is 2. The van der Waals surface area contributed by atoms with Crippen LogP contribution in [0.5, 0.6) is 5.75 Å². The van der Waals surface area contributed by atoms with Gasteiger partial charge in [0.05, 0.1) is 7.11 Å². The van der Waals surface area contributed by atoms with Gasteiger partial charge in [0, 0.05) is 44.5 Å². The van der Waals surface area contributed by atoms with E-state index in [4.69, 9.17) is 4.74 Å². The van der Waals surface area contributed by atoms with E-state index in [9.17, 15) is 9.59 Å². The fourth-order valence-corrected chi connectivity index (χ4v) is 3.73. The molecule has 2 aromatic carbocycles. The van der Waals surface area contributed by atoms with Crippen molar-refractivity contribution < 1.29 is 9.53 Å². The zero-order chi connectivity index (χ0) is 22.3. The van der Waals surface area contributed by atoms with Gasteiger partial charge < -0.3 is 19.9 Å². The minimum absolute atomic E-state index is 0.124. The van der Waals surface area contributed by atoms with E-state index in [1.807, 2.05) is 42.5 Å². The zero-order valence-electron chi connectivity index (χ0n) is 18.1. The van der Waals surface area contributed by atoms with Crippen LogP contribution in [0.25, 0.3) is 0 Å². The molecule has 8 heteroatoms. The average molecular weight is 434 g/mol. The molecule has 0 saturated carbocycles. The summed E-state index contributed by atoms with van der Waals surface area (Å²) in [5, 5.41) is 7.28. The molecule has 1 amide bonds. The first-order chi connectivity index (χ1) is 15.6. The van der Waals surface area contributed by atoms with E-state index < -0.39 is 0 Å². The lowest BCUT2D eigenvalue weighted by molar-refractivity contribution is -0.122. The van der Waals surface area contributed by atoms with Crippen molar-refractivity contribution in [1.29, 1.82) is 0 Å². The number of nitrogens with zero attached hydrogens (tertiary/aromatic N) is 4. The Balaban J connectivity index is 1.35. The molecule has 1 saturated heterocycles. The maximum absolute atomic E-state index is 12.4. The molecule has 4 rings (SSSR count). The molecular weight excluding hydrogens is 406 g/mol. The Hall–Kier alpha value is -3.81. The largest absolute Gasteiger partial charge is 0.497 e. The summed E-state index contributed by atoms with van der Waals surface area (Å²) in [7, 11) is 1.60. The number of piperazine rings is 1. The van der Waals surface area contributed by atoms with E-state index in [0.717, 1.165) is 37.5 Å². The summed E-state index contributed by atoms with van der Waals surface area (Å²) in [6.45, 7) is 3.55. The third kappa shape index (κ3) is 5.26. The number of para-hydroxylation sites is 1. The fraction of sp³-hybridized carbons (Fsp3) is 0.292. The highest BCUT2D eigenvalue weighted by Gasteiger charge is 2.19. The quantitative estimate of drug-likeness (QED) is 0.613. The number of rotatable bonds is 7. The molecule has 0 radical (unpaired) electrons. The SMILES string of the molecule is COc1cccc(CNC(=O)Cn2nc(N3CCN(c4ccccc4)CC3)ccc2=O)c1. The number of benzene rings is 2. The number of methoxy groups -OCH3 is 1. The van der Waals surface area contributed by atoms with Gasteiger partial charge in [-0.05, 0) is 35.9 Å². The Morgan fingerprint density at radius 1 is 0.969 bits per heavy atom. The van der Waals surface area contributed by atoms with Crippen LogP contribution in [0.2, 0.25) is 0 Å². The number of anilines is 2. The van der Waals surface area contributed by atoms with Crippen molar-refractivity contribution in [3.05, 3.63) is 82.6 Å². The van der Waals surface area contributed by atoms with Gasteiger partial charge >= 0.3 is 0 Å². The minimum atomic E-state index is -0.298. The van der Waals surface area contributed by atoms with Crippen LogP contribution in [0.3, 0.4) is 0 Å². The Kier molecular flexibility index (Phi) is 6.69. The summed E-state index contributed by atoms with van der Waals surface area (Å²) in [6.07, 6.45) is 0. The summed E-state index contributed by atoms with van der Waals surface area (Å²) < 4.78 is 6.42. The number of hydrogen-bond acceptors (Lipinski definition) is 6. The highest BCUT2D eigenvalue weighted by molar-refractivity contribution is 5.75. The predicted octanol–water partition coefficient (Wildman–Crippen LogP) is 1.89. The smallest absolute Gasteiger partial charge is 0.267 e. The van der Waals surface area contributed by atoms with Crippen LogP contribution in [0.1, 0.15) is 5.56 Å². The van der Waals surface area contributed by atoms with Gasteiger partial charge in [-0.3, -0.25) is 9.59 Å². The normalized spacial score (nSPS) is 13.7. The van der Waals surface area contributed by atoms with Gasteiger partial charge in [-0.1, -0.05) is 30.3 Å². The molecule has 3 aromatic rings. The van der Waals surface area contributed by atoms with Gasteiger partial charge in [-0.2, -0.15) is 5.10 Å². The summed E-state index contributed by atoms with van der Waals surface area (Å²) >= 11 is 0. The number of nitrogens with one attached hydrogen (secondary N) is 1. The lowest BCUT2D eigenvalue weighted by Crippen LogP contribution is -2.47. The molecule has 0 aliphatic carbocycles. The molecule has 1 N–H and O–H groups in total. The van der Waals surface area contributed by atoms with E-state index in [2.05, 4.69) is 32.3 Å². The summed E-state index contributed by atoms with van der Waals surface area (Å²) in [5.41, 5.74) is 1.83. The Bertz CT molecular complexity index is 1110. The number of carbonyl (C=O) groups is 1. The second-order valence-corrected chi connectivity index (χ2v) is 7.63. The average Bonchev–Trinajstić information content (AvgIpc) is 2.85. The van der Waals surface area contributed by atoms with Crippen LogP contribution >= 0.6 is 0 Å². The number of carbonyl (C=O) groups excluding carboxylic acids is 1. The third-order valence-electron chi connectivity index (χ3n) is 5.49. The Morgan fingerprint density at radius 3 is 2.47 bits per heavy atom. The van der Waals surface area contributed by atoms with Crippen molar-refractivity contribution in [3.63, 3.8) is 0 Å². The summed E-state index contributed by atoms with van der Waals surface area (Å²) in [5.74, 6) is 1.17. The Morgan fingerprint density at radius 2 is 1.72 bits per heavy atom. The van der Waals surface area contributed by atoms with Crippen LogP contribution in [0.4, 0.5) is 11.5 Å². The van der Waals surface area contributed by atoms with Crippen LogP contribution in [0.15, 0.2) is 71.5 Å². The number of hydrogen-bond donors (Lipinski definition) is 1. The lowest BCUT2D eigenvalue weighted by atomic mass is 10.2. The second kappa shape index (κ2) is 10.00. The van der Waals surface area contributed by atoms with Crippen molar-refractivity contribution in [2.24, 2.45) is 0 Å². The third-order valence-corrected chi connectivity index (χ3v) is 5.49. The topological polar surface area (TPSA) is 79.7 Å². The van der Waals surface area contributed by atoms with E-state index in [1.54, 1.807) is 13.2 Å². The molecule has 166 valence electrons. The first-order valence-corrected chi connectivity index (χ1v) is 10.6. The molecule has 1 aliphatic heterocycles. The van der Waals surface area contributed by atoms with E-state index in [-0.39, 0.29) is 18.0 Å². The van der Waals surface area contributed by atoms with Gasteiger partial charge in [0.15, 0.2) is 0 Å². The van der Waals surface area contributed by atoms with Crippen LogP contribution < -0.4 is 25.4 Å². The van der Waals surface area contributed by atoms with Crippen molar-refractivity contribution in [2.45, 2.75) is 13.1 Å². The maximum atomic E-state index is 12.4. The molecule has 32 heavy (non-hydrogen) atoms. The molecule has 2 heterocycles. The molecular formula is C24H27N5O3. The maximum Gasteiger partial charge on any atom is 0.267 e. The monoisotopic (exact) mass is 433 g/mol.